The highest BCUT2D eigenvalue weighted by Crippen LogP contribution is 2.12. The molecule has 0 N–H and O–H groups in total. The molecule has 0 fully saturated rings. The highest BCUT2D eigenvalue weighted by molar-refractivity contribution is 6.78. The summed E-state index contributed by atoms with van der Waals surface area (Å²) in [5.41, 5.74) is 0. The Morgan fingerprint density at radius 1 is 1.50 bits per heavy atom. The van der Waals surface area contributed by atoms with E-state index in [-0.39, 0.29) is 0 Å². The average molecular weight is 173 g/mol. The van der Waals surface area contributed by atoms with Gasteiger partial charge in [-0.25, -0.2) is 0 Å². The maximum Gasteiger partial charge on any atom is 0.191 e. The lowest BCUT2D eigenvalue weighted by molar-refractivity contribution is 0.577. The van der Waals surface area contributed by atoms with Crippen LogP contribution < -0.4 is 0 Å². The van der Waals surface area contributed by atoms with E-state index in [9.17, 15) is 0 Å². The summed E-state index contributed by atoms with van der Waals surface area (Å²) >= 11 is 0. The standard InChI is InChI=1S/C7H17OSi2/c1-6-7-10(4,5)8-9(2)3/h6H,1,7H2,2-5H3. The minimum Gasteiger partial charge on any atom is -0.455 e. The van der Waals surface area contributed by atoms with Gasteiger partial charge in [0, 0.05) is 0 Å². The Balaban J connectivity index is 3.73. The minimum atomic E-state index is -1.34. The molecule has 0 aliphatic heterocycles. The SMILES string of the molecule is C=CC[Si](C)(C)O[Si](C)C. The zero-order valence-corrected chi connectivity index (χ0v) is 9.40. The van der Waals surface area contributed by atoms with Gasteiger partial charge >= 0.3 is 0 Å². The van der Waals surface area contributed by atoms with E-state index in [2.05, 4.69) is 32.8 Å². The van der Waals surface area contributed by atoms with E-state index < -0.39 is 17.4 Å². The maximum atomic E-state index is 5.85. The van der Waals surface area contributed by atoms with Crippen LogP contribution in [0.1, 0.15) is 0 Å². The molecule has 0 saturated heterocycles. The van der Waals surface area contributed by atoms with Crippen LogP contribution in [0.15, 0.2) is 12.7 Å². The van der Waals surface area contributed by atoms with Crippen LogP contribution in [0, 0.1) is 0 Å². The Bertz CT molecular complexity index is 110. The predicted molar refractivity (Wildman–Crippen MR) is 51.1 cm³/mol. The molecule has 0 atom stereocenters. The van der Waals surface area contributed by atoms with Crippen molar-refractivity contribution in [1.82, 2.24) is 0 Å². The lowest BCUT2D eigenvalue weighted by Crippen LogP contribution is -2.34. The first-order valence-corrected chi connectivity index (χ1v) is 9.10. The number of rotatable bonds is 4. The monoisotopic (exact) mass is 173 g/mol. The molecule has 0 unspecified atom stereocenters. The van der Waals surface area contributed by atoms with E-state index >= 15 is 0 Å². The second-order valence-corrected chi connectivity index (χ2v) is 9.82. The van der Waals surface area contributed by atoms with Crippen molar-refractivity contribution in [3.63, 3.8) is 0 Å². The molecule has 0 rings (SSSR count). The van der Waals surface area contributed by atoms with Crippen molar-refractivity contribution in [3.8, 4) is 0 Å². The molecule has 0 bridgehead atoms. The quantitative estimate of drug-likeness (QED) is 0.469. The lowest BCUT2D eigenvalue weighted by atomic mass is 10.8. The molecule has 0 heterocycles. The van der Waals surface area contributed by atoms with Crippen LogP contribution in [-0.2, 0) is 4.12 Å². The average Bonchev–Trinajstić information content (AvgIpc) is 1.59. The molecule has 3 heteroatoms. The van der Waals surface area contributed by atoms with Gasteiger partial charge < -0.3 is 4.12 Å². The van der Waals surface area contributed by atoms with Gasteiger partial charge in [0.2, 0.25) is 0 Å². The van der Waals surface area contributed by atoms with Crippen molar-refractivity contribution in [2.45, 2.75) is 32.2 Å². The Labute approximate surface area is 67.0 Å². The van der Waals surface area contributed by atoms with Crippen LogP contribution in [0.5, 0.6) is 0 Å². The normalized spacial score (nSPS) is 12.1. The molecule has 0 aromatic carbocycles. The van der Waals surface area contributed by atoms with E-state index in [1.54, 1.807) is 0 Å². The lowest BCUT2D eigenvalue weighted by Gasteiger charge is -2.23. The van der Waals surface area contributed by atoms with Gasteiger partial charge in [0.15, 0.2) is 17.4 Å². The van der Waals surface area contributed by atoms with Gasteiger partial charge in [-0.1, -0.05) is 6.08 Å². The van der Waals surface area contributed by atoms with Crippen LogP contribution >= 0.6 is 0 Å². The molecule has 1 nitrogen and oxygen atoms in total. The summed E-state index contributed by atoms with van der Waals surface area (Å²) in [6, 6.07) is 1.07. The van der Waals surface area contributed by atoms with E-state index in [1.807, 2.05) is 6.08 Å². The summed E-state index contributed by atoms with van der Waals surface area (Å²) in [7, 11) is -1.84. The first kappa shape index (κ1) is 10.1. The Morgan fingerprint density at radius 3 is 2.30 bits per heavy atom. The molecule has 0 aliphatic rings. The number of allylic oxidation sites excluding steroid dienone is 1. The van der Waals surface area contributed by atoms with Crippen molar-refractivity contribution in [2.75, 3.05) is 0 Å². The molecule has 0 aromatic rings. The zero-order chi connectivity index (χ0) is 8.20. The van der Waals surface area contributed by atoms with E-state index in [0.29, 0.717) is 0 Å². The van der Waals surface area contributed by atoms with Crippen molar-refractivity contribution in [1.29, 1.82) is 0 Å². The Kier molecular flexibility index (Phi) is 4.16. The second kappa shape index (κ2) is 4.10. The third kappa shape index (κ3) is 4.96. The van der Waals surface area contributed by atoms with Gasteiger partial charge in [-0.3, -0.25) is 0 Å². The fourth-order valence-corrected chi connectivity index (χ4v) is 6.39. The molecule has 0 amide bonds. The maximum absolute atomic E-state index is 5.85. The van der Waals surface area contributed by atoms with Crippen LogP contribution in [0.4, 0.5) is 0 Å². The Morgan fingerprint density at radius 2 is 2.00 bits per heavy atom. The molecule has 10 heavy (non-hydrogen) atoms. The van der Waals surface area contributed by atoms with Gasteiger partial charge in [0.25, 0.3) is 0 Å². The Hall–Kier alpha value is 0.134. The van der Waals surface area contributed by atoms with Gasteiger partial charge in [0.05, 0.1) is 0 Å². The first-order chi connectivity index (χ1) is 4.48. The third-order valence-electron chi connectivity index (χ3n) is 1.12. The van der Waals surface area contributed by atoms with Gasteiger partial charge in [-0.15, -0.1) is 6.58 Å². The first-order valence-electron chi connectivity index (χ1n) is 3.58. The van der Waals surface area contributed by atoms with Crippen LogP contribution in [0.3, 0.4) is 0 Å². The number of hydrogen-bond acceptors (Lipinski definition) is 1. The molecule has 1 radical (unpaired) electrons. The van der Waals surface area contributed by atoms with E-state index in [4.69, 9.17) is 4.12 Å². The fraction of sp³-hybridized carbons (Fsp3) is 0.714. The van der Waals surface area contributed by atoms with Crippen molar-refractivity contribution < 1.29 is 4.12 Å². The van der Waals surface area contributed by atoms with Crippen molar-refractivity contribution in [3.05, 3.63) is 12.7 Å². The zero-order valence-electron chi connectivity index (χ0n) is 7.40. The van der Waals surface area contributed by atoms with E-state index in [1.165, 1.54) is 0 Å². The topological polar surface area (TPSA) is 9.23 Å². The smallest absolute Gasteiger partial charge is 0.191 e. The minimum absolute atomic E-state index is 0.500. The second-order valence-electron chi connectivity index (χ2n) is 3.26. The van der Waals surface area contributed by atoms with Crippen LogP contribution in [-0.4, -0.2) is 17.4 Å². The van der Waals surface area contributed by atoms with Gasteiger partial charge in [-0.05, 0) is 32.2 Å². The summed E-state index contributed by atoms with van der Waals surface area (Å²) in [4.78, 5) is 0. The predicted octanol–water partition coefficient (Wildman–Crippen LogP) is 2.65. The molecule has 59 valence electrons. The largest absolute Gasteiger partial charge is 0.455 e. The molecular weight excluding hydrogens is 156 g/mol. The van der Waals surface area contributed by atoms with Crippen LogP contribution in [0.25, 0.3) is 0 Å². The van der Waals surface area contributed by atoms with Crippen LogP contribution in [0.2, 0.25) is 32.2 Å². The molecule has 0 spiro atoms. The fourth-order valence-electron chi connectivity index (χ4n) is 0.942. The summed E-state index contributed by atoms with van der Waals surface area (Å²) < 4.78 is 5.85. The third-order valence-corrected chi connectivity index (χ3v) is 6.23. The summed E-state index contributed by atoms with van der Waals surface area (Å²) in [6.45, 7) is 12.6. The van der Waals surface area contributed by atoms with Gasteiger partial charge in [-0.2, -0.15) is 0 Å². The summed E-state index contributed by atoms with van der Waals surface area (Å²) in [6.07, 6.45) is 1.97. The molecular formula is C7H17OSi2. The number of hydrogen-bond donors (Lipinski definition) is 0. The summed E-state index contributed by atoms with van der Waals surface area (Å²) in [5, 5.41) is 0. The van der Waals surface area contributed by atoms with Crippen molar-refractivity contribution in [2.24, 2.45) is 0 Å². The van der Waals surface area contributed by atoms with Gasteiger partial charge in [0.1, 0.15) is 0 Å². The van der Waals surface area contributed by atoms with E-state index in [0.717, 1.165) is 6.04 Å². The molecule has 0 aromatic heterocycles. The molecule has 0 saturated carbocycles. The molecule has 0 aliphatic carbocycles. The highest BCUT2D eigenvalue weighted by Gasteiger charge is 2.21. The highest BCUT2D eigenvalue weighted by atomic mass is 28.4. The summed E-state index contributed by atoms with van der Waals surface area (Å²) in [5.74, 6) is 0. The van der Waals surface area contributed by atoms with Crippen molar-refractivity contribution >= 4 is 17.4 Å².